The molecule has 0 radical (unpaired) electrons. The summed E-state index contributed by atoms with van der Waals surface area (Å²) in [5, 5.41) is 3.71. The van der Waals surface area contributed by atoms with E-state index in [1.165, 1.54) is 24.3 Å². The van der Waals surface area contributed by atoms with E-state index in [1.54, 1.807) is 6.92 Å². The van der Waals surface area contributed by atoms with Gasteiger partial charge in [0.15, 0.2) is 5.82 Å². The first-order chi connectivity index (χ1) is 13.2. The van der Waals surface area contributed by atoms with Gasteiger partial charge in [0.05, 0.1) is 6.04 Å². The lowest BCUT2D eigenvalue weighted by molar-refractivity contribution is -0.108. The number of primary amides is 1. The van der Waals surface area contributed by atoms with E-state index in [2.05, 4.69) is 20.0 Å². The number of ether oxygens (including phenoxy) is 1. The van der Waals surface area contributed by atoms with Crippen molar-refractivity contribution < 1.29 is 23.1 Å². The van der Waals surface area contributed by atoms with Crippen molar-refractivity contribution in [3.05, 3.63) is 40.2 Å². The number of hydrogen-bond acceptors (Lipinski definition) is 8. The van der Waals surface area contributed by atoms with Crippen LogP contribution in [0.15, 0.2) is 29.1 Å². The minimum atomic E-state index is -3.02. The number of hydrazine groups is 1. The Morgan fingerprint density at radius 3 is 2.79 bits per heavy atom. The molecule has 0 bridgehead atoms. The highest BCUT2D eigenvalue weighted by Gasteiger charge is 2.21. The number of carbonyl (C=O) groups excluding carboxylic acids is 2. The molecule has 1 amide bonds. The fourth-order valence-electron chi connectivity index (χ4n) is 2.25. The molecule has 10 nitrogen and oxygen atoms in total. The van der Waals surface area contributed by atoms with Gasteiger partial charge in [0.1, 0.15) is 17.6 Å². The molecule has 0 saturated heterocycles. The smallest absolute Gasteiger partial charge is 0.387 e. The van der Waals surface area contributed by atoms with Crippen LogP contribution >= 0.6 is 0 Å². The molecule has 1 aromatic carbocycles. The van der Waals surface area contributed by atoms with Gasteiger partial charge in [-0.3, -0.25) is 19.6 Å². The SMILES string of the molecule is C[C@H](CC=O)N(N)c1nc(Nc2cccc(OC(F)F)c2)c(C(N)=O)c(=O)[nH]1. The predicted molar refractivity (Wildman–Crippen MR) is 96.5 cm³/mol. The second-order valence-electron chi connectivity index (χ2n) is 5.67. The Morgan fingerprint density at radius 2 is 2.18 bits per heavy atom. The summed E-state index contributed by atoms with van der Waals surface area (Å²) in [5.41, 5.74) is 4.09. The van der Waals surface area contributed by atoms with Gasteiger partial charge in [0, 0.05) is 18.2 Å². The van der Waals surface area contributed by atoms with Crippen LogP contribution in [0.2, 0.25) is 0 Å². The quantitative estimate of drug-likeness (QED) is 0.276. The molecule has 1 atom stereocenters. The maximum atomic E-state index is 12.4. The van der Waals surface area contributed by atoms with E-state index < -0.39 is 29.7 Å². The number of nitrogens with two attached hydrogens (primary N) is 2. The number of rotatable bonds is 9. The number of alkyl halides is 2. The van der Waals surface area contributed by atoms with Gasteiger partial charge in [-0.25, -0.2) is 5.84 Å². The molecule has 2 aromatic rings. The topological polar surface area (TPSA) is 156 Å². The van der Waals surface area contributed by atoms with E-state index in [9.17, 15) is 23.2 Å². The Morgan fingerprint density at radius 1 is 1.46 bits per heavy atom. The van der Waals surface area contributed by atoms with Crippen LogP contribution in [0, 0.1) is 0 Å². The molecule has 0 fully saturated rings. The van der Waals surface area contributed by atoms with Crippen LogP contribution in [-0.4, -0.2) is 34.8 Å². The number of H-pyrrole nitrogens is 1. The summed E-state index contributed by atoms with van der Waals surface area (Å²) >= 11 is 0. The van der Waals surface area contributed by atoms with E-state index >= 15 is 0 Å². The van der Waals surface area contributed by atoms with E-state index in [-0.39, 0.29) is 29.6 Å². The van der Waals surface area contributed by atoms with Crippen molar-refractivity contribution in [2.24, 2.45) is 11.6 Å². The Balaban J connectivity index is 2.45. The highest BCUT2D eigenvalue weighted by Crippen LogP contribution is 2.23. The molecule has 0 unspecified atom stereocenters. The average Bonchev–Trinajstić information content (AvgIpc) is 2.60. The number of nitrogens with one attached hydrogen (secondary N) is 2. The van der Waals surface area contributed by atoms with Crippen molar-refractivity contribution in [2.45, 2.75) is 26.0 Å². The second kappa shape index (κ2) is 8.90. The number of aromatic nitrogens is 2. The number of hydrogen-bond donors (Lipinski definition) is 4. The first-order valence-electron chi connectivity index (χ1n) is 7.96. The number of aromatic amines is 1. The maximum absolute atomic E-state index is 12.4. The molecular formula is C16H18F2N6O4. The number of aldehydes is 1. The zero-order chi connectivity index (χ0) is 20.8. The molecular weight excluding hydrogens is 378 g/mol. The van der Waals surface area contributed by atoms with Crippen LogP contribution in [0.4, 0.5) is 26.2 Å². The van der Waals surface area contributed by atoms with E-state index in [0.29, 0.717) is 6.29 Å². The fraction of sp³-hybridized carbons (Fsp3) is 0.250. The summed E-state index contributed by atoms with van der Waals surface area (Å²) in [5.74, 6) is 4.27. The van der Waals surface area contributed by atoms with Crippen LogP contribution in [0.3, 0.4) is 0 Å². The van der Waals surface area contributed by atoms with E-state index in [4.69, 9.17) is 11.6 Å². The van der Waals surface area contributed by atoms with Gasteiger partial charge in [-0.05, 0) is 19.1 Å². The van der Waals surface area contributed by atoms with Crippen molar-refractivity contribution in [1.82, 2.24) is 9.97 Å². The van der Waals surface area contributed by atoms with Crippen LogP contribution in [0.1, 0.15) is 23.7 Å². The number of carbonyl (C=O) groups is 2. The highest BCUT2D eigenvalue weighted by molar-refractivity contribution is 5.98. The zero-order valence-electron chi connectivity index (χ0n) is 14.7. The maximum Gasteiger partial charge on any atom is 0.387 e. The van der Waals surface area contributed by atoms with Crippen LogP contribution < -0.4 is 32.2 Å². The molecule has 0 spiro atoms. The van der Waals surface area contributed by atoms with Crippen molar-refractivity contribution in [3.63, 3.8) is 0 Å². The number of anilines is 3. The molecule has 150 valence electrons. The van der Waals surface area contributed by atoms with Crippen molar-refractivity contribution in [1.29, 1.82) is 0 Å². The van der Waals surface area contributed by atoms with E-state index in [0.717, 1.165) is 5.01 Å². The molecule has 1 aromatic heterocycles. The van der Waals surface area contributed by atoms with Crippen LogP contribution in [-0.2, 0) is 4.79 Å². The lowest BCUT2D eigenvalue weighted by Crippen LogP contribution is -2.42. The lowest BCUT2D eigenvalue weighted by atomic mass is 10.2. The standard InChI is InChI=1S/C16H18F2N6O4/c1-8(5-6-25)24(20)16-22-13(11(12(19)26)14(27)23-16)21-9-3-2-4-10(7-9)28-15(17)18/h2-4,6-8,15H,5,20H2,1H3,(H2,19,26)(H2,21,22,23,27)/t8-/m1/s1. The summed E-state index contributed by atoms with van der Waals surface area (Å²) in [4.78, 5) is 41.0. The first kappa shape index (κ1) is 20.8. The molecule has 28 heavy (non-hydrogen) atoms. The fourth-order valence-corrected chi connectivity index (χ4v) is 2.25. The molecule has 6 N–H and O–H groups in total. The van der Waals surface area contributed by atoms with Gasteiger partial charge < -0.3 is 20.6 Å². The minimum absolute atomic E-state index is 0.0631. The Labute approximate surface area is 157 Å². The van der Waals surface area contributed by atoms with Crippen molar-refractivity contribution in [2.75, 3.05) is 10.3 Å². The zero-order valence-corrected chi connectivity index (χ0v) is 14.7. The molecule has 0 saturated carbocycles. The summed E-state index contributed by atoms with van der Waals surface area (Å²) in [6.07, 6.45) is 0.710. The molecule has 12 heteroatoms. The Bertz CT molecular complexity index is 920. The van der Waals surface area contributed by atoms with Gasteiger partial charge in [0.25, 0.3) is 11.5 Å². The van der Waals surface area contributed by atoms with Gasteiger partial charge in [-0.1, -0.05) is 6.07 Å². The molecule has 0 aliphatic heterocycles. The molecule has 1 heterocycles. The number of amides is 1. The summed E-state index contributed by atoms with van der Waals surface area (Å²) < 4.78 is 29.1. The number of nitrogens with zero attached hydrogens (tertiary/aromatic N) is 2. The third-order valence-corrected chi connectivity index (χ3v) is 3.63. The van der Waals surface area contributed by atoms with E-state index in [1.807, 2.05) is 0 Å². The Hall–Kier alpha value is -3.54. The molecule has 0 aliphatic carbocycles. The van der Waals surface area contributed by atoms with Crippen molar-refractivity contribution >= 4 is 29.6 Å². The predicted octanol–water partition coefficient (Wildman–Crippen LogP) is 0.871. The second-order valence-corrected chi connectivity index (χ2v) is 5.67. The monoisotopic (exact) mass is 396 g/mol. The third-order valence-electron chi connectivity index (χ3n) is 3.63. The molecule has 2 rings (SSSR count). The van der Waals surface area contributed by atoms with Crippen LogP contribution in [0.5, 0.6) is 5.75 Å². The number of halogens is 2. The van der Waals surface area contributed by atoms with Gasteiger partial charge in [-0.2, -0.15) is 13.8 Å². The molecule has 0 aliphatic rings. The summed E-state index contributed by atoms with van der Waals surface area (Å²) in [6.45, 7) is -1.40. The largest absolute Gasteiger partial charge is 0.435 e. The van der Waals surface area contributed by atoms with Crippen molar-refractivity contribution in [3.8, 4) is 5.75 Å². The normalized spacial score (nSPS) is 11.8. The summed E-state index contributed by atoms with van der Waals surface area (Å²) in [7, 11) is 0. The average molecular weight is 396 g/mol. The highest BCUT2D eigenvalue weighted by atomic mass is 19.3. The number of benzene rings is 1. The first-order valence-corrected chi connectivity index (χ1v) is 7.96. The van der Waals surface area contributed by atoms with Gasteiger partial charge >= 0.3 is 6.61 Å². The van der Waals surface area contributed by atoms with Crippen LogP contribution in [0.25, 0.3) is 0 Å². The Kier molecular flexibility index (Phi) is 6.60. The van der Waals surface area contributed by atoms with Gasteiger partial charge in [0.2, 0.25) is 5.95 Å². The lowest BCUT2D eigenvalue weighted by Gasteiger charge is -2.23. The minimum Gasteiger partial charge on any atom is -0.435 e. The summed E-state index contributed by atoms with van der Waals surface area (Å²) in [6, 6.07) is 4.90. The van der Waals surface area contributed by atoms with Gasteiger partial charge in [-0.15, -0.1) is 0 Å². The third kappa shape index (κ3) is 5.01.